The van der Waals surface area contributed by atoms with E-state index in [9.17, 15) is 14.7 Å². The van der Waals surface area contributed by atoms with Gasteiger partial charge in [0, 0.05) is 5.56 Å². The van der Waals surface area contributed by atoms with Gasteiger partial charge in [0.05, 0.1) is 28.3 Å². The number of phenolic OH excluding ortho intramolecular Hbond substituents is 1. The fourth-order valence-corrected chi connectivity index (χ4v) is 4.76. The van der Waals surface area contributed by atoms with Crippen LogP contribution in [0.1, 0.15) is 20.7 Å². The molecule has 0 bridgehead atoms. The lowest BCUT2D eigenvalue weighted by Gasteiger charge is -2.33. The third-order valence-corrected chi connectivity index (χ3v) is 6.72. The smallest absolute Gasteiger partial charge is 0.217 e. The Bertz CT molecular complexity index is 1650. The molecule has 200 valence electrons. The fraction of sp³-hybridized carbons (Fsp3) is 0. The van der Waals surface area contributed by atoms with Crippen LogP contribution in [0.5, 0.6) is 5.75 Å². The van der Waals surface area contributed by atoms with E-state index in [-0.39, 0.29) is 28.3 Å². The largest absolute Gasteiger partial charge is 0.507 e. The van der Waals surface area contributed by atoms with Gasteiger partial charge in [-0.3, -0.25) is 30.5 Å². The van der Waals surface area contributed by atoms with Crippen molar-refractivity contribution >= 4 is 34.3 Å². The van der Waals surface area contributed by atoms with Gasteiger partial charge < -0.3 is 5.11 Å². The molecule has 0 saturated heterocycles. The molecule has 6 rings (SSSR count). The van der Waals surface area contributed by atoms with Gasteiger partial charge in [-0.05, 0) is 60.7 Å². The molecule has 0 amide bonds. The van der Waals surface area contributed by atoms with Crippen LogP contribution in [0.4, 0.5) is 22.7 Å². The lowest BCUT2D eigenvalue weighted by atomic mass is 9.89. The van der Waals surface area contributed by atoms with Crippen molar-refractivity contribution < 1.29 is 14.7 Å². The van der Waals surface area contributed by atoms with E-state index in [1.807, 2.05) is 121 Å². The Balaban J connectivity index is 1.53. The summed E-state index contributed by atoms with van der Waals surface area (Å²) in [4.78, 5) is 28.2. The third-order valence-electron chi connectivity index (χ3n) is 6.72. The van der Waals surface area contributed by atoms with Crippen LogP contribution < -0.4 is 20.9 Å². The lowest BCUT2D eigenvalue weighted by Crippen LogP contribution is -2.45. The predicted octanol–water partition coefficient (Wildman–Crippen LogP) is 6.67. The molecule has 0 atom stereocenters. The van der Waals surface area contributed by atoms with Gasteiger partial charge >= 0.3 is 0 Å². The van der Waals surface area contributed by atoms with Crippen LogP contribution in [-0.2, 0) is 0 Å². The molecule has 5 aromatic carbocycles. The minimum absolute atomic E-state index is 0.00596. The molecule has 1 aliphatic rings. The van der Waals surface area contributed by atoms with Crippen molar-refractivity contribution in [3.05, 3.63) is 162 Å². The highest BCUT2D eigenvalue weighted by Gasteiger charge is 2.37. The van der Waals surface area contributed by atoms with Gasteiger partial charge in [0.15, 0.2) is 0 Å². The van der Waals surface area contributed by atoms with Crippen LogP contribution in [0.3, 0.4) is 0 Å². The van der Waals surface area contributed by atoms with Crippen LogP contribution in [0.2, 0.25) is 0 Å². The maximum atomic E-state index is 14.1. The Hall–Kier alpha value is -5.82. The van der Waals surface area contributed by atoms with Crippen LogP contribution in [0.25, 0.3) is 0 Å². The van der Waals surface area contributed by atoms with Gasteiger partial charge in [-0.1, -0.05) is 78.9 Å². The molecule has 5 aromatic rings. The van der Waals surface area contributed by atoms with Crippen molar-refractivity contribution in [1.82, 2.24) is 10.9 Å². The number of aromatic hydroxyl groups is 1. The fourth-order valence-electron chi connectivity index (χ4n) is 4.76. The molecule has 0 heterocycles. The van der Waals surface area contributed by atoms with Crippen molar-refractivity contribution in [2.45, 2.75) is 0 Å². The van der Waals surface area contributed by atoms with Crippen LogP contribution in [-0.4, -0.2) is 16.7 Å². The summed E-state index contributed by atoms with van der Waals surface area (Å²) in [5.41, 5.74) is 9.62. The van der Waals surface area contributed by atoms with Gasteiger partial charge in [-0.2, -0.15) is 0 Å². The van der Waals surface area contributed by atoms with E-state index in [1.165, 1.54) is 6.07 Å². The Morgan fingerprint density at radius 3 is 1.20 bits per heavy atom. The zero-order valence-corrected chi connectivity index (χ0v) is 21.9. The van der Waals surface area contributed by atoms with Crippen molar-refractivity contribution in [3.8, 4) is 5.75 Å². The van der Waals surface area contributed by atoms with Gasteiger partial charge in [-0.15, -0.1) is 0 Å². The van der Waals surface area contributed by atoms with Crippen molar-refractivity contribution in [2.75, 3.05) is 10.0 Å². The molecule has 41 heavy (non-hydrogen) atoms. The zero-order chi connectivity index (χ0) is 28.2. The van der Waals surface area contributed by atoms with E-state index in [0.717, 1.165) is 22.7 Å². The average Bonchev–Trinajstić information content (AvgIpc) is 3.03. The minimum atomic E-state index is -0.516. The van der Waals surface area contributed by atoms with Gasteiger partial charge in [0.25, 0.3) is 0 Å². The highest BCUT2D eigenvalue weighted by Crippen LogP contribution is 2.34. The van der Waals surface area contributed by atoms with E-state index in [2.05, 4.69) is 10.9 Å². The summed E-state index contributed by atoms with van der Waals surface area (Å²) >= 11 is 0. The molecule has 7 heteroatoms. The van der Waals surface area contributed by atoms with Gasteiger partial charge in [0.2, 0.25) is 11.6 Å². The third kappa shape index (κ3) is 4.99. The first kappa shape index (κ1) is 25.5. The standard InChI is InChI=1S/C34H26N4O3/c39-29-23-13-22-28-30(29)34(41)32(36-38(26-18-9-3-10-19-26)27-20-11-4-12-21-27)31(33(28)40)35-37(24-14-5-1-6-15-24)25-16-7-2-8-17-25/h1-23,35-36,39H. The Morgan fingerprint density at radius 1 is 0.439 bits per heavy atom. The first-order chi connectivity index (χ1) is 20.1. The summed E-state index contributed by atoms with van der Waals surface area (Å²) in [6.45, 7) is 0. The molecule has 0 unspecified atom stereocenters. The molecule has 0 saturated carbocycles. The maximum Gasteiger partial charge on any atom is 0.217 e. The van der Waals surface area contributed by atoms with Gasteiger partial charge in [0.1, 0.15) is 17.1 Å². The van der Waals surface area contributed by atoms with Crippen molar-refractivity contribution in [3.63, 3.8) is 0 Å². The second-order valence-electron chi connectivity index (χ2n) is 9.34. The van der Waals surface area contributed by atoms with Crippen molar-refractivity contribution in [2.24, 2.45) is 0 Å². The highest BCUT2D eigenvalue weighted by atomic mass is 16.3. The number of phenols is 1. The molecule has 0 aliphatic heterocycles. The highest BCUT2D eigenvalue weighted by molar-refractivity contribution is 6.27. The number of hydrogen-bond donors (Lipinski definition) is 3. The first-order valence-electron chi connectivity index (χ1n) is 13.1. The number of carbonyl (C=O) groups is 2. The Labute approximate surface area is 237 Å². The Kier molecular flexibility index (Phi) is 6.90. The molecule has 1 aliphatic carbocycles. The van der Waals surface area contributed by atoms with Crippen LogP contribution >= 0.6 is 0 Å². The predicted molar refractivity (Wildman–Crippen MR) is 160 cm³/mol. The number of carbonyl (C=O) groups excluding carboxylic acids is 2. The summed E-state index contributed by atoms with van der Waals surface area (Å²) in [6.07, 6.45) is 0. The molecular weight excluding hydrogens is 512 g/mol. The van der Waals surface area contributed by atoms with Gasteiger partial charge in [-0.25, -0.2) is 0 Å². The monoisotopic (exact) mass is 538 g/mol. The van der Waals surface area contributed by atoms with Crippen LogP contribution in [0.15, 0.2) is 151 Å². The number of hydrazine groups is 2. The van der Waals surface area contributed by atoms with E-state index in [0.29, 0.717) is 0 Å². The Morgan fingerprint density at radius 2 is 0.805 bits per heavy atom. The number of para-hydroxylation sites is 4. The van der Waals surface area contributed by atoms with E-state index >= 15 is 0 Å². The number of allylic oxidation sites excluding steroid dienone is 2. The van der Waals surface area contributed by atoms with E-state index < -0.39 is 11.6 Å². The minimum Gasteiger partial charge on any atom is -0.507 e. The van der Waals surface area contributed by atoms with E-state index in [4.69, 9.17) is 0 Å². The number of hydrogen-bond acceptors (Lipinski definition) is 7. The number of benzene rings is 5. The SMILES string of the molecule is O=C1C(NN(c2ccccc2)c2ccccc2)=C(NN(c2ccccc2)c2ccccc2)C(=O)c2c(O)cccc21. The number of rotatable bonds is 8. The van der Waals surface area contributed by atoms with Crippen molar-refractivity contribution in [1.29, 1.82) is 0 Å². The normalized spacial score (nSPS) is 12.5. The summed E-state index contributed by atoms with van der Waals surface area (Å²) in [6, 6.07) is 42.5. The van der Waals surface area contributed by atoms with Crippen LogP contribution in [0, 0.1) is 0 Å². The number of ketones is 2. The first-order valence-corrected chi connectivity index (χ1v) is 13.1. The number of Topliss-reactive ketones (excluding diaryl/α,β-unsaturated/α-hetero) is 2. The molecule has 3 N–H and O–H groups in total. The molecule has 0 aromatic heterocycles. The molecule has 0 fully saturated rings. The average molecular weight is 539 g/mol. The summed E-state index contributed by atoms with van der Waals surface area (Å²) in [7, 11) is 0. The molecule has 0 radical (unpaired) electrons. The molecule has 7 nitrogen and oxygen atoms in total. The number of nitrogens with zero attached hydrogens (tertiary/aromatic N) is 2. The number of anilines is 4. The summed E-state index contributed by atoms with van der Waals surface area (Å²) in [5.74, 6) is -1.21. The summed E-state index contributed by atoms with van der Waals surface area (Å²) in [5, 5.41) is 14.2. The lowest BCUT2D eigenvalue weighted by molar-refractivity contribution is 0.0960. The molecule has 0 spiro atoms. The second kappa shape index (κ2) is 11.1. The molecular formula is C34H26N4O3. The quantitative estimate of drug-likeness (QED) is 0.190. The zero-order valence-electron chi connectivity index (χ0n) is 21.9. The number of nitrogens with one attached hydrogen (secondary N) is 2. The second-order valence-corrected chi connectivity index (χ2v) is 9.34. The number of fused-ring (bicyclic) bond motifs is 1. The maximum absolute atomic E-state index is 14.1. The topological polar surface area (TPSA) is 84.9 Å². The summed E-state index contributed by atoms with van der Waals surface area (Å²) < 4.78 is 0. The van der Waals surface area contributed by atoms with E-state index in [1.54, 1.807) is 22.2 Å².